The third-order valence-corrected chi connectivity index (χ3v) is 2.28. The van der Waals surface area contributed by atoms with Crippen LogP contribution in [0.15, 0.2) is 45.7 Å². The van der Waals surface area contributed by atoms with Crippen LogP contribution in [0.5, 0.6) is 0 Å². The lowest BCUT2D eigenvalue weighted by atomic mass is 10.1. The summed E-state index contributed by atoms with van der Waals surface area (Å²) in [5.74, 6) is 0.724. The van der Waals surface area contributed by atoms with Crippen molar-refractivity contribution in [2.45, 2.75) is 0 Å². The number of hydrogen-bond donors (Lipinski definition) is 1. The Labute approximate surface area is 80.4 Å². The van der Waals surface area contributed by atoms with Crippen LogP contribution in [-0.2, 0) is 0 Å². The molecule has 4 heteroatoms. The summed E-state index contributed by atoms with van der Waals surface area (Å²) in [5.41, 5.74) is 2.13. The highest BCUT2D eigenvalue weighted by atomic mass is 15.3. The lowest BCUT2D eigenvalue weighted by molar-refractivity contribution is 1.05. The smallest absolute Gasteiger partial charge is 0.180 e. The maximum atomic E-state index is 4.19. The number of aromatic nitrogens is 1. The summed E-state index contributed by atoms with van der Waals surface area (Å²) in [5, 5.41) is 8.96. The van der Waals surface area contributed by atoms with Crippen molar-refractivity contribution in [3.05, 3.63) is 36.0 Å². The second-order valence-electron chi connectivity index (χ2n) is 3.11. The average molecular weight is 184 g/mol. The molecule has 1 aliphatic rings. The minimum atomic E-state index is 0.453. The first-order chi connectivity index (χ1) is 6.95. The fourth-order valence-electron chi connectivity index (χ4n) is 1.62. The number of aromatic amines is 1. The average Bonchev–Trinajstić information content (AvgIpc) is 2.85. The van der Waals surface area contributed by atoms with E-state index in [4.69, 9.17) is 0 Å². The Bertz CT molecular complexity index is 536. The summed E-state index contributed by atoms with van der Waals surface area (Å²) < 4.78 is 0. The number of azo groups is 1. The number of amidine groups is 1. The molecule has 0 fully saturated rings. The van der Waals surface area contributed by atoms with Gasteiger partial charge in [0, 0.05) is 22.7 Å². The van der Waals surface area contributed by atoms with Crippen LogP contribution in [0.25, 0.3) is 10.9 Å². The summed E-state index contributed by atoms with van der Waals surface area (Å²) >= 11 is 0. The Balaban J connectivity index is 2.26. The molecule has 0 radical (unpaired) electrons. The first-order valence-electron chi connectivity index (χ1n) is 4.43. The van der Waals surface area contributed by atoms with Crippen LogP contribution in [0.4, 0.5) is 0 Å². The molecule has 1 aromatic heterocycles. The molecule has 1 aromatic carbocycles. The molecule has 3 rings (SSSR count). The molecule has 0 amide bonds. The summed E-state index contributed by atoms with van der Waals surface area (Å²) in [6.45, 7) is 0.453. The van der Waals surface area contributed by atoms with Crippen LogP contribution in [0.3, 0.4) is 0 Å². The van der Waals surface area contributed by atoms with Gasteiger partial charge in [0.2, 0.25) is 0 Å². The number of para-hydroxylation sites is 1. The fourth-order valence-corrected chi connectivity index (χ4v) is 1.62. The number of rotatable bonds is 1. The Morgan fingerprint density at radius 3 is 3.00 bits per heavy atom. The molecule has 0 spiro atoms. The monoisotopic (exact) mass is 184 g/mol. The standard InChI is InChI=1S/C10H8N4/c1-2-4-9-7(3-1)8(5-11-9)10-12-6-13-14-10/h1-5,11H,6H2. The number of benzene rings is 1. The maximum Gasteiger partial charge on any atom is 0.180 e. The molecule has 1 N–H and O–H groups in total. The van der Waals surface area contributed by atoms with E-state index in [9.17, 15) is 0 Å². The SMILES string of the molecule is c1ccc2c(C3=NCN=N3)c[nH]c2c1. The van der Waals surface area contributed by atoms with Crippen molar-refractivity contribution in [3.8, 4) is 0 Å². The van der Waals surface area contributed by atoms with E-state index < -0.39 is 0 Å². The van der Waals surface area contributed by atoms with E-state index in [0.29, 0.717) is 6.67 Å². The molecular weight excluding hydrogens is 176 g/mol. The van der Waals surface area contributed by atoms with E-state index in [1.165, 1.54) is 0 Å². The van der Waals surface area contributed by atoms with Gasteiger partial charge in [0.25, 0.3) is 0 Å². The molecule has 4 nitrogen and oxygen atoms in total. The van der Waals surface area contributed by atoms with Gasteiger partial charge in [-0.1, -0.05) is 18.2 Å². The molecule has 68 valence electrons. The number of fused-ring (bicyclic) bond motifs is 1. The minimum Gasteiger partial charge on any atom is -0.360 e. The van der Waals surface area contributed by atoms with Crippen molar-refractivity contribution in [2.24, 2.45) is 15.2 Å². The van der Waals surface area contributed by atoms with Crippen LogP contribution in [-0.4, -0.2) is 17.5 Å². The van der Waals surface area contributed by atoms with Crippen molar-refractivity contribution in [1.82, 2.24) is 4.98 Å². The van der Waals surface area contributed by atoms with Gasteiger partial charge < -0.3 is 4.98 Å². The van der Waals surface area contributed by atoms with Crippen LogP contribution < -0.4 is 0 Å². The molecule has 0 saturated heterocycles. The molecule has 1 aliphatic heterocycles. The zero-order chi connectivity index (χ0) is 9.38. The zero-order valence-corrected chi connectivity index (χ0v) is 7.44. The highest BCUT2D eigenvalue weighted by molar-refractivity contribution is 6.10. The number of H-pyrrole nitrogens is 1. The third-order valence-electron chi connectivity index (χ3n) is 2.28. The van der Waals surface area contributed by atoms with Gasteiger partial charge in [-0.05, 0) is 6.07 Å². The van der Waals surface area contributed by atoms with Gasteiger partial charge in [0.05, 0.1) is 0 Å². The van der Waals surface area contributed by atoms with Gasteiger partial charge in [0.1, 0.15) is 0 Å². The topological polar surface area (TPSA) is 52.9 Å². The Morgan fingerprint density at radius 2 is 2.14 bits per heavy atom. The van der Waals surface area contributed by atoms with Crippen LogP contribution in [0.1, 0.15) is 5.56 Å². The van der Waals surface area contributed by atoms with E-state index in [2.05, 4.69) is 26.3 Å². The first-order valence-corrected chi connectivity index (χ1v) is 4.43. The van der Waals surface area contributed by atoms with Crippen LogP contribution >= 0.6 is 0 Å². The largest absolute Gasteiger partial charge is 0.360 e. The second kappa shape index (κ2) is 2.77. The van der Waals surface area contributed by atoms with Gasteiger partial charge in [-0.25, -0.2) is 4.99 Å². The molecular formula is C10H8N4. The fraction of sp³-hybridized carbons (Fsp3) is 0.100. The van der Waals surface area contributed by atoms with Crippen molar-refractivity contribution in [3.63, 3.8) is 0 Å². The van der Waals surface area contributed by atoms with E-state index in [1.54, 1.807) is 0 Å². The van der Waals surface area contributed by atoms with Crippen molar-refractivity contribution in [1.29, 1.82) is 0 Å². The highest BCUT2D eigenvalue weighted by Gasteiger charge is 2.10. The number of aliphatic imine (C=N–C) groups is 1. The van der Waals surface area contributed by atoms with Crippen molar-refractivity contribution < 1.29 is 0 Å². The van der Waals surface area contributed by atoms with E-state index in [1.807, 2.05) is 24.4 Å². The second-order valence-corrected chi connectivity index (χ2v) is 3.11. The number of hydrogen-bond acceptors (Lipinski definition) is 3. The molecule has 0 atom stereocenters. The molecule has 0 aliphatic carbocycles. The van der Waals surface area contributed by atoms with Crippen LogP contribution in [0, 0.1) is 0 Å². The predicted molar refractivity (Wildman–Crippen MR) is 54.6 cm³/mol. The molecule has 0 unspecified atom stereocenters. The first kappa shape index (κ1) is 7.44. The van der Waals surface area contributed by atoms with E-state index in [0.717, 1.165) is 22.3 Å². The summed E-state index contributed by atoms with van der Waals surface area (Å²) in [7, 11) is 0. The minimum absolute atomic E-state index is 0.453. The van der Waals surface area contributed by atoms with Gasteiger partial charge in [0.15, 0.2) is 12.5 Å². The lowest BCUT2D eigenvalue weighted by Gasteiger charge is -1.92. The maximum absolute atomic E-state index is 4.19. The van der Waals surface area contributed by atoms with Crippen molar-refractivity contribution >= 4 is 16.7 Å². The molecule has 0 bridgehead atoms. The Hall–Kier alpha value is -1.97. The molecule has 14 heavy (non-hydrogen) atoms. The van der Waals surface area contributed by atoms with Crippen LogP contribution in [0.2, 0.25) is 0 Å². The Kier molecular flexibility index (Phi) is 1.47. The van der Waals surface area contributed by atoms with E-state index >= 15 is 0 Å². The number of nitrogens with zero attached hydrogens (tertiary/aromatic N) is 3. The zero-order valence-electron chi connectivity index (χ0n) is 7.44. The molecule has 2 heterocycles. The Morgan fingerprint density at radius 1 is 1.21 bits per heavy atom. The quantitative estimate of drug-likeness (QED) is 0.707. The van der Waals surface area contributed by atoms with Gasteiger partial charge in [-0.15, -0.1) is 5.11 Å². The third kappa shape index (κ3) is 0.970. The molecule has 2 aromatic rings. The van der Waals surface area contributed by atoms with E-state index in [-0.39, 0.29) is 0 Å². The normalized spacial score (nSPS) is 15.0. The summed E-state index contributed by atoms with van der Waals surface area (Å²) in [6.07, 6.45) is 1.92. The summed E-state index contributed by atoms with van der Waals surface area (Å²) in [6, 6.07) is 8.09. The summed E-state index contributed by atoms with van der Waals surface area (Å²) in [4.78, 5) is 7.37. The van der Waals surface area contributed by atoms with Gasteiger partial charge in [-0.2, -0.15) is 5.11 Å². The lowest BCUT2D eigenvalue weighted by Crippen LogP contribution is -1.90. The van der Waals surface area contributed by atoms with Gasteiger partial charge in [-0.3, -0.25) is 0 Å². The number of nitrogens with one attached hydrogen (secondary N) is 1. The highest BCUT2D eigenvalue weighted by Crippen LogP contribution is 2.20. The van der Waals surface area contributed by atoms with Gasteiger partial charge >= 0.3 is 0 Å². The predicted octanol–water partition coefficient (Wildman–Crippen LogP) is 2.34. The molecule has 0 saturated carbocycles. The van der Waals surface area contributed by atoms with Crippen molar-refractivity contribution in [2.75, 3.05) is 6.67 Å².